The van der Waals surface area contributed by atoms with Crippen molar-refractivity contribution >= 4 is 0 Å². The van der Waals surface area contributed by atoms with E-state index in [9.17, 15) is 0 Å². The summed E-state index contributed by atoms with van der Waals surface area (Å²) >= 11 is 0. The Labute approximate surface area is 47.7 Å². The van der Waals surface area contributed by atoms with Gasteiger partial charge in [-0.05, 0) is 0 Å². The summed E-state index contributed by atoms with van der Waals surface area (Å²) in [6, 6.07) is 0. The molecule has 0 atom stereocenters. The molecule has 4 nitrogen and oxygen atoms in total. The Balaban J connectivity index is -0.0000000133. The SMILES string of the molecule is [O-][O-].[O-][O-].[Zr+4]. The summed E-state index contributed by atoms with van der Waals surface area (Å²) in [6.07, 6.45) is 0. The zero-order chi connectivity index (χ0) is 4.00. The second-order valence-electron chi connectivity index (χ2n) is 0. The molecule has 28 valence electrons. The van der Waals surface area contributed by atoms with E-state index in [-0.39, 0.29) is 26.2 Å². The van der Waals surface area contributed by atoms with Gasteiger partial charge < -0.3 is 21.0 Å². The van der Waals surface area contributed by atoms with E-state index >= 15 is 0 Å². The predicted octanol–water partition coefficient (Wildman–Crippen LogP) is -4.76. The minimum Gasteiger partial charge on any atom is -1.00 e. The molecule has 0 saturated carbocycles. The molecular formula is O4Zr. The van der Waals surface area contributed by atoms with Crippen LogP contribution in [0.5, 0.6) is 0 Å². The predicted molar refractivity (Wildman–Crippen MR) is 0 cm³/mol. The van der Waals surface area contributed by atoms with Gasteiger partial charge in [-0.2, -0.15) is 0 Å². The molecule has 0 aromatic rings. The van der Waals surface area contributed by atoms with E-state index in [4.69, 9.17) is 21.0 Å². The molecule has 0 amide bonds. The first-order chi connectivity index (χ1) is 2.00. The number of hydrogen-bond acceptors (Lipinski definition) is 4. The molecule has 0 rings (SSSR count). The van der Waals surface area contributed by atoms with Crippen molar-refractivity contribution < 1.29 is 47.2 Å². The molecule has 0 N–H and O–H groups in total. The molecular weight excluding hydrogens is 155 g/mol. The molecule has 0 fully saturated rings. The number of rotatable bonds is 0. The Bertz CT molecular complexity index is 3.61. The van der Waals surface area contributed by atoms with Crippen LogP contribution in [0, 0.1) is 0 Å². The van der Waals surface area contributed by atoms with Crippen molar-refractivity contribution in [3.8, 4) is 0 Å². The maximum Gasteiger partial charge on any atom is 4.00 e. The van der Waals surface area contributed by atoms with Crippen LogP contribution in [0.25, 0.3) is 0 Å². The van der Waals surface area contributed by atoms with Crippen molar-refractivity contribution in [2.45, 2.75) is 0 Å². The monoisotopic (exact) mass is 154 g/mol. The summed E-state index contributed by atoms with van der Waals surface area (Å²) < 4.78 is 0. The normalized spacial score (nSPS) is 2.40. The summed E-state index contributed by atoms with van der Waals surface area (Å²) in [4.78, 5) is 0. The maximum atomic E-state index is 7.00. The van der Waals surface area contributed by atoms with E-state index in [1.807, 2.05) is 0 Å². The van der Waals surface area contributed by atoms with Crippen LogP contribution in [-0.4, -0.2) is 0 Å². The van der Waals surface area contributed by atoms with Crippen LogP contribution >= 0.6 is 0 Å². The Kier molecular flexibility index (Phi) is 431. The van der Waals surface area contributed by atoms with Gasteiger partial charge in [-0.15, -0.1) is 0 Å². The molecule has 0 saturated heterocycles. The largest absolute Gasteiger partial charge is 4.00 e. The third-order valence-electron chi connectivity index (χ3n) is 0. The van der Waals surface area contributed by atoms with Gasteiger partial charge >= 0.3 is 26.2 Å². The molecule has 0 heterocycles. The minimum atomic E-state index is 0. The van der Waals surface area contributed by atoms with E-state index in [0.717, 1.165) is 0 Å². The standard InChI is InChI=1S/2O2.Zr/c2*1-2;/q2*-2;+4. The van der Waals surface area contributed by atoms with Gasteiger partial charge in [0.25, 0.3) is 0 Å². The van der Waals surface area contributed by atoms with E-state index in [2.05, 4.69) is 0 Å². The Morgan fingerprint density at radius 3 is 0.600 bits per heavy atom. The van der Waals surface area contributed by atoms with Crippen molar-refractivity contribution in [2.24, 2.45) is 0 Å². The molecule has 0 aliphatic carbocycles. The quantitative estimate of drug-likeness (QED) is 0.259. The smallest absolute Gasteiger partial charge is 1.00 e. The van der Waals surface area contributed by atoms with Crippen LogP contribution in [-0.2, 0) is 26.2 Å². The fraction of sp³-hybridized carbons (Fsp3) is 0. The maximum absolute atomic E-state index is 7.00. The van der Waals surface area contributed by atoms with E-state index in [1.54, 1.807) is 0 Å². The fourth-order valence-electron chi connectivity index (χ4n) is 0. The average Bonchev–Trinajstić information content (AvgIpc) is 1.50. The Morgan fingerprint density at radius 1 is 0.600 bits per heavy atom. The molecule has 0 unspecified atom stereocenters. The Morgan fingerprint density at radius 2 is 0.600 bits per heavy atom. The van der Waals surface area contributed by atoms with Gasteiger partial charge in [0.2, 0.25) is 0 Å². The van der Waals surface area contributed by atoms with E-state index < -0.39 is 0 Å². The van der Waals surface area contributed by atoms with Crippen molar-refractivity contribution in [1.29, 1.82) is 0 Å². The second-order valence-corrected chi connectivity index (χ2v) is 0. The molecule has 0 aliphatic heterocycles. The summed E-state index contributed by atoms with van der Waals surface area (Å²) in [5.41, 5.74) is 0. The first kappa shape index (κ1) is 17.2. The summed E-state index contributed by atoms with van der Waals surface area (Å²) in [5.74, 6) is 0. The fourth-order valence-corrected chi connectivity index (χ4v) is 0. The molecule has 5 heavy (non-hydrogen) atoms. The van der Waals surface area contributed by atoms with Crippen LogP contribution < -0.4 is 21.0 Å². The summed E-state index contributed by atoms with van der Waals surface area (Å²) in [7, 11) is 0. The van der Waals surface area contributed by atoms with Crippen molar-refractivity contribution in [3.63, 3.8) is 0 Å². The summed E-state index contributed by atoms with van der Waals surface area (Å²) in [5, 5.41) is 28.0. The van der Waals surface area contributed by atoms with Crippen LogP contribution in [0.3, 0.4) is 0 Å². The van der Waals surface area contributed by atoms with Gasteiger partial charge in [0.1, 0.15) is 0 Å². The van der Waals surface area contributed by atoms with E-state index in [0.29, 0.717) is 0 Å². The van der Waals surface area contributed by atoms with Crippen LogP contribution in [0.2, 0.25) is 0 Å². The molecule has 0 aromatic heterocycles. The first-order valence-corrected chi connectivity index (χ1v) is 0.333. The molecule has 0 bridgehead atoms. The van der Waals surface area contributed by atoms with Gasteiger partial charge in [-0.3, -0.25) is 0 Å². The molecule has 0 spiro atoms. The topological polar surface area (TPSA) is 92.2 Å². The minimum absolute atomic E-state index is 0. The van der Waals surface area contributed by atoms with Gasteiger partial charge in [-0.1, -0.05) is 0 Å². The van der Waals surface area contributed by atoms with Gasteiger partial charge in [0.05, 0.1) is 0 Å². The van der Waals surface area contributed by atoms with Gasteiger partial charge in [0, 0.05) is 0 Å². The molecule has 0 radical (unpaired) electrons. The molecule has 0 aromatic carbocycles. The third-order valence-corrected chi connectivity index (χ3v) is 0. The van der Waals surface area contributed by atoms with Gasteiger partial charge in [0.15, 0.2) is 0 Å². The zero-order valence-corrected chi connectivity index (χ0v) is 4.59. The van der Waals surface area contributed by atoms with Gasteiger partial charge in [-0.25, -0.2) is 0 Å². The van der Waals surface area contributed by atoms with Crippen LogP contribution in [0.4, 0.5) is 0 Å². The second kappa shape index (κ2) is 125. The van der Waals surface area contributed by atoms with Crippen molar-refractivity contribution in [1.82, 2.24) is 0 Å². The molecule has 0 aliphatic rings. The van der Waals surface area contributed by atoms with Crippen molar-refractivity contribution in [2.75, 3.05) is 0 Å². The zero-order valence-electron chi connectivity index (χ0n) is 2.13. The van der Waals surface area contributed by atoms with Crippen LogP contribution in [0.1, 0.15) is 0 Å². The third kappa shape index (κ3) is 67.0. The Hall–Kier alpha value is 0.723. The average molecular weight is 155 g/mol. The molecule has 5 heteroatoms. The first-order valence-electron chi connectivity index (χ1n) is 0.333. The van der Waals surface area contributed by atoms with Crippen LogP contribution in [0.15, 0.2) is 0 Å². The van der Waals surface area contributed by atoms with E-state index in [1.165, 1.54) is 0 Å². The summed E-state index contributed by atoms with van der Waals surface area (Å²) in [6.45, 7) is 0. The number of hydrogen-bond donors (Lipinski definition) is 0. The van der Waals surface area contributed by atoms with Crippen molar-refractivity contribution in [3.05, 3.63) is 0 Å².